The first-order chi connectivity index (χ1) is 6.93. The highest BCUT2D eigenvalue weighted by molar-refractivity contribution is 5.03. The molecule has 0 aromatic carbocycles. The molecule has 0 amide bonds. The second kappa shape index (κ2) is 3.35. The third-order valence-electron chi connectivity index (χ3n) is 3.34. The van der Waals surface area contributed by atoms with Crippen molar-refractivity contribution in [3.05, 3.63) is 11.7 Å². The van der Waals surface area contributed by atoms with Gasteiger partial charge >= 0.3 is 0 Å². The lowest BCUT2D eigenvalue weighted by atomic mass is 9.85. The molecule has 2 aliphatic rings. The van der Waals surface area contributed by atoms with Crippen molar-refractivity contribution >= 4 is 0 Å². The van der Waals surface area contributed by atoms with E-state index < -0.39 is 0 Å². The summed E-state index contributed by atoms with van der Waals surface area (Å²) in [6.45, 7) is 2.08. The summed E-state index contributed by atoms with van der Waals surface area (Å²) in [5.74, 6) is 2.83. The molecule has 1 aromatic heterocycles. The Kier molecular flexibility index (Phi) is 2.01. The van der Waals surface area contributed by atoms with Gasteiger partial charge in [0.1, 0.15) is 0 Å². The minimum absolute atomic E-state index is 0.479. The Morgan fingerprint density at radius 1 is 1.21 bits per heavy atom. The predicted octanol–water partition coefficient (Wildman–Crippen LogP) is 1.41. The fraction of sp³-hybridized carbons (Fsp3) is 0.800. The van der Waals surface area contributed by atoms with Gasteiger partial charge in [0.15, 0.2) is 5.82 Å². The molecule has 14 heavy (non-hydrogen) atoms. The molecular weight excluding hydrogens is 178 g/mol. The van der Waals surface area contributed by atoms with Crippen LogP contribution in [0, 0.1) is 0 Å². The summed E-state index contributed by atoms with van der Waals surface area (Å²) in [5, 5.41) is 7.39. The Hall–Kier alpha value is -0.900. The van der Waals surface area contributed by atoms with Crippen LogP contribution in [0.4, 0.5) is 0 Å². The Labute approximate surface area is 83.1 Å². The minimum atomic E-state index is 0.479. The average molecular weight is 193 g/mol. The van der Waals surface area contributed by atoms with E-state index in [0.29, 0.717) is 11.8 Å². The van der Waals surface area contributed by atoms with Gasteiger partial charge in [0, 0.05) is 18.4 Å². The van der Waals surface area contributed by atoms with Crippen molar-refractivity contribution in [2.45, 2.75) is 37.5 Å². The van der Waals surface area contributed by atoms with Crippen molar-refractivity contribution in [2.24, 2.45) is 0 Å². The number of rotatable bonds is 2. The van der Waals surface area contributed by atoms with Crippen molar-refractivity contribution in [3.63, 3.8) is 0 Å². The highest BCUT2D eigenvalue weighted by atomic mass is 16.5. The van der Waals surface area contributed by atoms with E-state index in [1.807, 2.05) is 0 Å². The fourth-order valence-electron chi connectivity index (χ4n) is 2.11. The molecule has 4 nitrogen and oxygen atoms in total. The third kappa shape index (κ3) is 1.34. The fourth-order valence-corrected chi connectivity index (χ4v) is 2.11. The molecule has 0 radical (unpaired) electrons. The van der Waals surface area contributed by atoms with E-state index in [9.17, 15) is 0 Å². The molecule has 1 N–H and O–H groups in total. The SMILES string of the molecule is C1CC(c2nc([C@H]3CCNC3)no2)C1. The quantitative estimate of drug-likeness (QED) is 0.771. The van der Waals surface area contributed by atoms with Crippen LogP contribution in [0.15, 0.2) is 4.52 Å². The standard InChI is InChI=1S/C10H15N3O/c1-2-7(3-1)10-12-9(13-14-10)8-4-5-11-6-8/h7-8,11H,1-6H2/t8-/m0/s1. The third-order valence-corrected chi connectivity index (χ3v) is 3.34. The van der Waals surface area contributed by atoms with Gasteiger partial charge in [-0.2, -0.15) is 4.98 Å². The second-order valence-corrected chi connectivity index (χ2v) is 4.31. The van der Waals surface area contributed by atoms with Gasteiger partial charge in [-0.1, -0.05) is 11.6 Å². The molecule has 76 valence electrons. The minimum Gasteiger partial charge on any atom is -0.339 e. The van der Waals surface area contributed by atoms with Crippen LogP contribution in [0.1, 0.15) is 49.2 Å². The second-order valence-electron chi connectivity index (χ2n) is 4.31. The number of hydrogen-bond donors (Lipinski definition) is 1. The zero-order valence-corrected chi connectivity index (χ0v) is 8.20. The van der Waals surface area contributed by atoms with Crippen LogP contribution in [0.2, 0.25) is 0 Å². The van der Waals surface area contributed by atoms with Crippen molar-refractivity contribution in [1.82, 2.24) is 15.5 Å². The lowest BCUT2D eigenvalue weighted by Crippen LogP contribution is -2.10. The molecule has 1 atom stereocenters. The lowest BCUT2D eigenvalue weighted by molar-refractivity contribution is 0.290. The number of nitrogens with zero attached hydrogens (tertiary/aromatic N) is 2. The number of aromatic nitrogens is 2. The van der Waals surface area contributed by atoms with Crippen molar-refractivity contribution in [3.8, 4) is 0 Å². The van der Waals surface area contributed by atoms with E-state index in [2.05, 4.69) is 15.5 Å². The largest absolute Gasteiger partial charge is 0.339 e. The zero-order chi connectivity index (χ0) is 9.38. The first-order valence-electron chi connectivity index (χ1n) is 5.47. The summed E-state index contributed by atoms with van der Waals surface area (Å²) in [7, 11) is 0. The summed E-state index contributed by atoms with van der Waals surface area (Å²) >= 11 is 0. The molecule has 1 aliphatic heterocycles. The Morgan fingerprint density at radius 2 is 2.14 bits per heavy atom. The molecule has 0 bridgehead atoms. The Morgan fingerprint density at radius 3 is 2.79 bits per heavy atom. The van der Waals surface area contributed by atoms with Gasteiger partial charge < -0.3 is 9.84 Å². The van der Waals surface area contributed by atoms with E-state index in [0.717, 1.165) is 31.2 Å². The summed E-state index contributed by atoms with van der Waals surface area (Å²) in [4.78, 5) is 4.50. The molecule has 1 aromatic rings. The van der Waals surface area contributed by atoms with E-state index >= 15 is 0 Å². The molecule has 4 heteroatoms. The van der Waals surface area contributed by atoms with Gasteiger partial charge in [0.05, 0.1) is 0 Å². The van der Waals surface area contributed by atoms with Gasteiger partial charge in [-0.05, 0) is 25.8 Å². The van der Waals surface area contributed by atoms with Crippen LogP contribution < -0.4 is 5.32 Å². The molecule has 0 unspecified atom stereocenters. The monoisotopic (exact) mass is 193 g/mol. The molecule has 1 saturated heterocycles. The first kappa shape index (κ1) is 8.41. The maximum Gasteiger partial charge on any atom is 0.229 e. The van der Waals surface area contributed by atoms with Crippen molar-refractivity contribution < 1.29 is 4.52 Å². The summed E-state index contributed by atoms with van der Waals surface area (Å²) < 4.78 is 5.29. The molecule has 1 saturated carbocycles. The topological polar surface area (TPSA) is 51.0 Å². The molecule has 0 spiro atoms. The van der Waals surface area contributed by atoms with Gasteiger partial charge in [-0.25, -0.2) is 0 Å². The van der Waals surface area contributed by atoms with Gasteiger partial charge in [0.2, 0.25) is 5.89 Å². The van der Waals surface area contributed by atoms with Gasteiger partial charge in [-0.3, -0.25) is 0 Å². The van der Waals surface area contributed by atoms with E-state index in [-0.39, 0.29) is 0 Å². The van der Waals surface area contributed by atoms with Crippen LogP contribution >= 0.6 is 0 Å². The molecule has 1 aliphatic carbocycles. The van der Waals surface area contributed by atoms with E-state index in [1.165, 1.54) is 19.3 Å². The van der Waals surface area contributed by atoms with Crippen LogP contribution in [0.5, 0.6) is 0 Å². The average Bonchev–Trinajstić information content (AvgIpc) is 2.65. The van der Waals surface area contributed by atoms with E-state index in [4.69, 9.17) is 4.52 Å². The summed E-state index contributed by atoms with van der Waals surface area (Å²) in [5.41, 5.74) is 0. The van der Waals surface area contributed by atoms with Crippen molar-refractivity contribution in [1.29, 1.82) is 0 Å². The normalized spacial score (nSPS) is 27.9. The Balaban J connectivity index is 1.75. The Bertz CT molecular complexity index is 313. The van der Waals surface area contributed by atoms with Gasteiger partial charge in [-0.15, -0.1) is 0 Å². The van der Waals surface area contributed by atoms with Crippen LogP contribution in [0.25, 0.3) is 0 Å². The molecular formula is C10H15N3O. The molecule has 3 rings (SSSR count). The van der Waals surface area contributed by atoms with E-state index in [1.54, 1.807) is 0 Å². The van der Waals surface area contributed by atoms with Crippen LogP contribution in [-0.4, -0.2) is 23.2 Å². The first-order valence-corrected chi connectivity index (χ1v) is 5.47. The number of nitrogens with one attached hydrogen (secondary N) is 1. The highest BCUT2D eigenvalue weighted by Gasteiger charge is 2.28. The maximum atomic E-state index is 5.29. The maximum absolute atomic E-state index is 5.29. The summed E-state index contributed by atoms with van der Waals surface area (Å²) in [6.07, 6.45) is 4.91. The smallest absolute Gasteiger partial charge is 0.229 e. The predicted molar refractivity (Wildman–Crippen MR) is 51.1 cm³/mol. The zero-order valence-electron chi connectivity index (χ0n) is 8.20. The van der Waals surface area contributed by atoms with Gasteiger partial charge in [0.25, 0.3) is 0 Å². The molecule has 2 fully saturated rings. The summed E-state index contributed by atoms with van der Waals surface area (Å²) in [6, 6.07) is 0. The number of hydrogen-bond acceptors (Lipinski definition) is 4. The van der Waals surface area contributed by atoms with Crippen molar-refractivity contribution in [2.75, 3.05) is 13.1 Å². The lowest BCUT2D eigenvalue weighted by Gasteiger charge is -2.20. The molecule has 2 heterocycles. The highest BCUT2D eigenvalue weighted by Crippen LogP contribution is 2.35. The van der Waals surface area contributed by atoms with Crippen LogP contribution in [0.3, 0.4) is 0 Å². The van der Waals surface area contributed by atoms with Crippen LogP contribution in [-0.2, 0) is 0 Å².